The molecule has 2 heterocycles. The standard InChI is InChI=1S/C13H11BrN2O3S/c1-7-9(13(18)19)3-4-10(16-7)12(17)15-6-8-2-5-11(14)20-8/h2-5H,6H2,1H3,(H,15,17)(H,18,19). The Morgan fingerprint density at radius 2 is 2.10 bits per heavy atom. The van der Waals surface area contributed by atoms with E-state index >= 15 is 0 Å². The molecular formula is C13H11BrN2O3S. The average Bonchev–Trinajstić information content (AvgIpc) is 2.81. The SMILES string of the molecule is Cc1nc(C(=O)NCc2ccc(Br)s2)ccc1C(=O)O. The number of carbonyl (C=O) groups excluding carboxylic acids is 1. The summed E-state index contributed by atoms with van der Waals surface area (Å²) in [5.41, 5.74) is 0.635. The van der Waals surface area contributed by atoms with Crippen molar-refractivity contribution in [3.8, 4) is 0 Å². The molecule has 1 amide bonds. The fourth-order valence-electron chi connectivity index (χ4n) is 1.62. The van der Waals surface area contributed by atoms with Crippen molar-refractivity contribution in [2.75, 3.05) is 0 Å². The topological polar surface area (TPSA) is 79.3 Å². The number of carboxylic acid groups (broad SMARTS) is 1. The van der Waals surface area contributed by atoms with Crippen LogP contribution in [0.25, 0.3) is 0 Å². The number of nitrogens with zero attached hydrogens (tertiary/aromatic N) is 1. The van der Waals surface area contributed by atoms with Gasteiger partial charge in [-0.15, -0.1) is 11.3 Å². The maximum absolute atomic E-state index is 11.9. The van der Waals surface area contributed by atoms with Gasteiger partial charge in [-0.1, -0.05) is 0 Å². The number of halogens is 1. The smallest absolute Gasteiger partial charge is 0.337 e. The zero-order chi connectivity index (χ0) is 14.7. The second kappa shape index (κ2) is 6.15. The number of carboxylic acids is 1. The van der Waals surface area contributed by atoms with Crippen LogP contribution in [0.2, 0.25) is 0 Å². The summed E-state index contributed by atoms with van der Waals surface area (Å²) in [6, 6.07) is 6.63. The number of rotatable bonds is 4. The molecule has 0 bridgehead atoms. The minimum atomic E-state index is -1.05. The Labute approximate surface area is 127 Å². The Kier molecular flexibility index (Phi) is 4.51. The van der Waals surface area contributed by atoms with E-state index in [4.69, 9.17) is 5.11 Å². The number of hydrogen-bond acceptors (Lipinski definition) is 4. The van der Waals surface area contributed by atoms with Gasteiger partial charge >= 0.3 is 5.97 Å². The number of nitrogens with one attached hydrogen (secondary N) is 1. The van der Waals surface area contributed by atoms with Crippen LogP contribution in [0, 0.1) is 6.92 Å². The molecule has 0 aliphatic rings. The van der Waals surface area contributed by atoms with Crippen molar-refractivity contribution >= 4 is 39.1 Å². The molecule has 0 atom stereocenters. The van der Waals surface area contributed by atoms with Crippen LogP contribution in [0.15, 0.2) is 28.1 Å². The second-order valence-corrected chi connectivity index (χ2v) is 6.57. The van der Waals surface area contributed by atoms with Gasteiger partial charge in [0, 0.05) is 4.88 Å². The van der Waals surface area contributed by atoms with Gasteiger partial charge in [-0.25, -0.2) is 9.78 Å². The van der Waals surface area contributed by atoms with E-state index in [0.717, 1.165) is 8.66 Å². The number of carbonyl (C=O) groups is 2. The molecule has 2 aromatic heterocycles. The zero-order valence-corrected chi connectivity index (χ0v) is 12.9. The van der Waals surface area contributed by atoms with Gasteiger partial charge < -0.3 is 10.4 Å². The molecule has 0 saturated heterocycles. The lowest BCUT2D eigenvalue weighted by atomic mass is 10.2. The lowest BCUT2D eigenvalue weighted by Gasteiger charge is -2.05. The van der Waals surface area contributed by atoms with Crippen LogP contribution < -0.4 is 5.32 Å². The molecule has 2 aromatic rings. The number of thiophene rings is 1. The molecule has 104 valence electrons. The number of aromatic nitrogens is 1. The van der Waals surface area contributed by atoms with Crippen LogP contribution >= 0.6 is 27.3 Å². The van der Waals surface area contributed by atoms with Crippen molar-refractivity contribution in [1.82, 2.24) is 10.3 Å². The molecule has 2 rings (SSSR count). The van der Waals surface area contributed by atoms with Crippen molar-refractivity contribution in [2.24, 2.45) is 0 Å². The van der Waals surface area contributed by atoms with Gasteiger partial charge in [0.2, 0.25) is 0 Å². The molecule has 0 radical (unpaired) electrons. The molecule has 0 spiro atoms. The van der Waals surface area contributed by atoms with Crippen LogP contribution in [0.3, 0.4) is 0 Å². The number of amides is 1. The summed E-state index contributed by atoms with van der Waals surface area (Å²) >= 11 is 4.89. The van der Waals surface area contributed by atoms with E-state index < -0.39 is 5.97 Å². The Morgan fingerprint density at radius 1 is 1.35 bits per heavy atom. The normalized spacial score (nSPS) is 10.3. The molecule has 20 heavy (non-hydrogen) atoms. The molecule has 7 heteroatoms. The van der Waals surface area contributed by atoms with E-state index in [1.165, 1.54) is 23.5 Å². The highest BCUT2D eigenvalue weighted by molar-refractivity contribution is 9.11. The molecule has 0 unspecified atom stereocenters. The van der Waals surface area contributed by atoms with Crippen molar-refractivity contribution < 1.29 is 14.7 Å². The van der Waals surface area contributed by atoms with Crippen molar-refractivity contribution in [2.45, 2.75) is 13.5 Å². The molecule has 0 aromatic carbocycles. The van der Waals surface area contributed by atoms with Crippen LogP contribution in [-0.4, -0.2) is 22.0 Å². The van der Waals surface area contributed by atoms with E-state index in [-0.39, 0.29) is 17.2 Å². The summed E-state index contributed by atoms with van der Waals surface area (Å²) in [7, 11) is 0. The van der Waals surface area contributed by atoms with Gasteiger partial charge in [0.15, 0.2) is 0 Å². The van der Waals surface area contributed by atoms with E-state index in [9.17, 15) is 9.59 Å². The highest BCUT2D eigenvalue weighted by Crippen LogP contribution is 2.21. The van der Waals surface area contributed by atoms with Crippen LogP contribution in [-0.2, 0) is 6.54 Å². The Balaban J connectivity index is 2.06. The van der Waals surface area contributed by atoms with Crippen LogP contribution in [0.1, 0.15) is 31.4 Å². The van der Waals surface area contributed by atoms with Gasteiger partial charge in [-0.2, -0.15) is 0 Å². The summed E-state index contributed by atoms with van der Waals surface area (Å²) in [5, 5.41) is 11.7. The number of aryl methyl sites for hydroxylation is 1. The van der Waals surface area contributed by atoms with Gasteiger partial charge in [0.05, 0.1) is 21.6 Å². The first-order valence-electron chi connectivity index (χ1n) is 5.70. The zero-order valence-electron chi connectivity index (χ0n) is 10.5. The molecule has 0 saturated carbocycles. The molecule has 0 fully saturated rings. The summed E-state index contributed by atoms with van der Waals surface area (Å²) in [6.07, 6.45) is 0. The largest absolute Gasteiger partial charge is 0.478 e. The van der Waals surface area contributed by atoms with E-state index in [2.05, 4.69) is 26.2 Å². The second-order valence-electron chi connectivity index (χ2n) is 4.02. The Bertz CT molecular complexity index is 669. The minimum absolute atomic E-state index is 0.101. The Morgan fingerprint density at radius 3 is 2.65 bits per heavy atom. The van der Waals surface area contributed by atoms with E-state index in [0.29, 0.717) is 12.2 Å². The molecule has 2 N–H and O–H groups in total. The fourth-order valence-corrected chi connectivity index (χ4v) is 3.04. The highest BCUT2D eigenvalue weighted by atomic mass is 79.9. The van der Waals surface area contributed by atoms with Crippen molar-refractivity contribution in [1.29, 1.82) is 0 Å². The summed E-state index contributed by atoms with van der Waals surface area (Å²) < 4.78 is 1.00. The third-order valence-electron chi connectivity index (χ3n) is 2.60. The van der Waals surface area contributed by atoms with Gasteiger partial charge in [0.1, 0.15) is 5.69 Å². The first kappa shape index (κ1) is 14.7. The average molecular weight is 355 g/mol. The monoisotopic (exact) mass is 354 g/mol. The van der Waals surface area contributed by atoms with Crippen LogP contribution in [0.5, 0.6) is 0 Å². The van der Waals surface area contributed by atoms with Gasteiger partial charge in [-0.05, 0) is 47.1 Å². The lowest BCUT2D eigenvalue weighted by molar-refractivity contribution is 0.0694. The van der Waals surface area contributed by atoms with E-state index in [1.54, 1.807) is 6.92 Å². The summed E-state index contributed by atoms with van der Waals surface area (Å²) in [4.78, 5) is 27.8. The van der Waals surface area contributed by atoms with Crippen molar-refractivity contribution in [3.63, 3.8) is 0 Å². The number of pyridine rings is 1. The third-order valence-corrected chi connectivity index (χ3v) is 4.22. The van der Waals surface area contributed by atoms with Gasteiger partial charge in [0.25, 0.3) is 5.91 Å². The maximum atomic E-state index is 11.9. The lowest BCUT2D eigenvalue weighted by Crippen LogP contribution is -2.24. The fraction of sp³-hybridized carbons (Fsp3) is 0.154. The highest BCUT2D eigenvalue weighted by Gasteiger charge is 2.13. The van der Waals surface area contributed by atoms with Gasteiger partial charge in [-0.3, -0.25) is 4.79 Å². The first-order chi connectivity index (χ1) is 9.47. The first-order valence-corrected chi connectivity index (χ1v) is 7.31. The quantitative estimate of drug-likeness (QED) is 0.884. The number of aromatic carboxylic acids is 1. The predicted octanol–water partition coefficient (Wildman–Crippen LogP) is 2.84. The maximum Gasteiger partial charge on any atom is 0.337 e. The molecule has 5 nitrogen and oxygen atoms in total. The molecular weight excluding hydrogens is 344 g/mol. The van der Waals surface area contributed by atoms with Crippen LogP contribution in [0.4, 0.5) is 0 Å². The number of hydrogen-bond donors (Lipinski definition) is 2. The minimum Gasteiger partial charge on any atom is -0.478 e. The molecule has 0 aliphatic heterocycles. The Hall–Kier alpha value is -1.73. The third kappa shape index (κ3) is 3.43. The van der Waals surface area contributed by atoms with Crippen molar-refractivity contribution in [3.05, 3.63) is 49.9 Å². The summed E-state index contributed by atoms with van der Waals surface area (Å²) in [5.74, 6) is -1.38. The summed E-state index contributed by atoms with van der Waals surface area (Å²) in [6.45, 7) is 1.98. The van der Waals surface area contributed by atoms with E-state index in [1.807, 2.05) is 12.1 Å². The predicted molar refractivity (Wildman–Crippen MR) is 79.1 cm³/mol. The molecule has 0 aliphatic carbocycles.